The molecule has 74 valence electrons. The molecule has 0 saturated heterocycles. The topological polar surface area (TPSA) is 43.6 Å². The molecule has 2 aromatic rings. The quantitative estimate of drug-likeness (QED) is 0.772. The first-order valence-corrected chi connectivity index (χ1v) is 4.61. The number of hydrogen-bond acceptors (Lipinski definition) is 4. The van der Waals surface area contributed by atoms with Crippen LogP contribution in [0.15, 0.2) is 12.4 Å². The Balaban J connectivity index is 2.33. The van der Waals surface area contributed by atoms with E-state index in [-0.39, 0.29) is 0 Å². The van der Waals surface area contributed by atoms with Crippen molar-refractivity contribution in [3.63, 3.8) is 0 Å². The van der Waals surface area contributed by atoms with Crippen LogP contribution in [0.25, 0.3) is 10.6 Å². The maximum atomic E-state index is 12.2. The Morgan fingerprint density at radius 3 is 2.71 bits per heavy atom. The van der Waals surface area contributed by atoms with E-state index >= 15 is 0 Å². The van der Waals surface area contributed by atoms with Gasteiger partial charge in [-0.1, -0.05) is 11.3 Å². The van der Waals surface area contributed by atoms with Crippen LogP contribution in [0.1, 0.15) is 11.6 Å². The first-order chi connectivity index (χ1) is 6.66. The second kappa shape index (κ2) is 3.41. The molecule has 0 unspecified atom stereocenters. The second-order valence-corrected chi connectivity index (χ2v) is 3.79. The smallest absolute Gasteiger partial charge is 0.211 e. The van der Waals surface area contributed by atoms with Crippen molar-refractivity contribution in [3.05, 3.63) is 17.4 Å². The number of aromatic nitrogens is 4. The molecular formula is C7H6F2N4S. The molecular weight excluding hydrogens is 210 g/mol. The highest BCUT2D eigenvalue weighted by atomic mass is 32.1. The molecule has 0 saturated carbocycles. The third kappa shape index (κ3) is 1.63. The molecule has 2 rings (SSSR count). The predicted molar refractivity (Wildman–Crippen MR) is 47.1 cm³/mol. The van der Waals surface area contributed by atoms with Gasteiger partial charge in [-0.05, 0) is 6.92 Å². The summed E-state index contributed by atoms with van der Waals surface area (Å²) in [6.07, 6.45) is 2.61. The van der Waals surface area contributed by atoms with Crippen molar-refractivity contribution in [3.8, 4) is 10.6 Å². The van der Waals surface area contributed by atoms with Crippen molar-refractivity contribution >= 4 is 11.3 Å². The Morgan fingerprint density at radius 2 is 2.21 bits per heavy atom. The Bertz CT molecular complexity index is 436. The van der Waals surface area contributed by atoms with Gasteiger partial charge in [-0.25, -0.2) is 4.68 Å². The SMILES string of the molecule is Cc1nnc(-c2cnn(C(F)F)c2)s1. The van der Waals surface area contributed by atoms with Crippen LogP contribution < -0.4 is 0 Å². The van der Waals surface area contributed by atoms with Gasteiger partial charge in [-0.15, -0.1) is 10.2 Å². The number of aryl methyl sites for hydroxylation is 1. The molecule has 0 aliphatic carbocycles. The van der Waals surface area contributed by atoms with Gasteiger partial charge < -0.3 is 0 Å². The summed E-state index contributed by atoms with van der Waals surface area (Å²) in [5, 5.41) is 12.5. The molecule has 0 amide bonds. The van der Waals surface area contributed by atoms with Crippen LogP contribution in [0.4, 0.5) is 8.78 Å². The van der Waals surface area contributed by atoms with E-state index in [4.69, 9.17) is 0 Å². The molecule has 2 heterocycles. The second-order valence-electron chi connectivity index (χ2n) is 2.61. The normalized spacial score (nSPS) is 11.1. The summed E-state index contributed by atoms with van der Waals surface area (Å²) in [5.41, 5.74) is 0.566. The molecule has 4 nitrogen and oxygen atoms in total. The van der Waals surface area contributed by atoms with Crippen LogP contribution in [0.5, 0.6) is 0 Å². The van der Waals surface area contributed by atoms with Crippen LogP contribution >= 0.6 is 11.3 Å². The highest BCUT2D eigenvalue weighted by Gasteiger charge is 2.11. The molecule has 0 bridgehead atoms. The van der Waals surface area contributed by atoms with Gasteiger partial charge in [0.25, 0.3) is 0 Å². The molecule has 2 aromatic heterocycles. The lowest BCUT2D eigenvalue weighted by atomic mass is 10.4. The fourth-order valence-corrected chi connectivity index (χ4v) is 1.63. The largest absolute Gasteiger partial charge is 0.333 e. The zero-order valence-corrected chi connectivity index (χ0v) is 8.00. The molecule has 7 heteroatoms. The van der Waals surface area contributed by atoms with E-state index in [1.165, 1.54) is 23.7 Å². The Labute approximate surface area is 82.2 Å². The van der Waals surface area contributed by atoms with Crippen molar-refractivity contribution in [2.45, 2.75) is 13.5 Å². The van der Waals surface area contributed by atoms with Crippen LogP contribution in [-0.2, 0) is 0 Å². The lowest BCUT2D eigenvalue weighted by Crippen LogP contribution is -1.96. The van der Waals surface area contributed by atoms with Gasteiger partial charge in [0.2, 0.25) is 0 Å². The lowest BCUT2D eigenvalue weighted by Gasteiger charge is -1.94. The maximum Gasteiger partial charge on any atom is 0.333 e. The molecule has 0 aliphatic heterocycles. The Morgan fingerprint density at radius 1 is 1.43 bits per heavy atom. The minimum Gasteiger partial charge on any atom is -0.211 e. The minimum absolute atomic E-state index is 0.566. The lowest BCUT2D eigenvalue weighted by molar-refractivity contribution is 0.0566. The minimum atomic E-state index is -2.61. The highest BCUT2D eigenvalue weighted by molar-refractivity contribution is 7.14. The molecule has 0 aromatic carbocycles. The van der Waals surface area contributed by atoms with E-state index in [9.17, 15) is 8.78 Å². The molecule has 0 spiro atoms. The zero-order chi connectivity index (χ0) is 10.1. The number of halogens is 2. The van der Waals surface area contributed by atoms with Gasteiger partial charge in [0.15, 0.2) is 5.01 Å². The van der Waals surface area contributed by atoms with Gasteiger partial charge in [0.05, 0.1) is 11.8 Å². The molecule has 0 radical (unpaired) electrons. The fourth-order valence-electron chi connectivity index (χ4n) is 0.968. The van der Waals surface area contributed by atoms with Crippen LogP contribution in [0.3, 0.4) is 0 Å². The average molecular weight is 216 g/mol. The summed E-state index contributed by atoms with van der Waals surface area (Å²) in [6.45, 7) is -0.809. The van der Waals surface area contributed by atoms with Crippen LogP contribution in [0.2, 0.25) is 0 Å². The fraction of sp³-hybridized carbons (Fsp3) is 0.286. The third-order valence-corrected chi connectivity index (χ3v) is 2.46. The number of rotatable bonds is 2. The molecule has 0 N–H and O–H groups in total. The van der Waals surface area contributed by atoms with Gasteiger partial charge in [0, 0.05) is 6.20 Å². The number of nitrogens with zero attached hydrogens (tertiary/aromatic N) is 4. The maximum absolute atomic E-state index is 12.2. The van der Waals surface area contributed by atoms with Crippen LogP contribution in [-0.4, -0.2) is 20.0 Å². The third-order valence-electron chi connectivity index (χ3n) is 1.57. The van der Waals surface area contributed by atoms with Crippen molar-refractivity contribution in [1.82, 2.24) is 20.0 Å². The van der Waals surface area contributed by atoms with E-state index < -0.39 is 6.55 Å². The van der Waals surface area contributed by atoms with Gasteiger partial charge in [-0.3, -0.25) is 0 Å². The molecule has 0 atom stereocenters. The zero-order valence-electron chi connectivity index (χ0n) is 7.19. The van der Waals surface area contributed by atoms with Crippen LogP contribution in [0, 0.1) is 6.92 Å². The monoisotopic (exact) mass is 216 g/mol. The first-order valence-electron chi connectivity index (χ1n) is 3.79. The molecule has 0 aliphatic rings. The molecule has 14 heavy (non-hydrogen) atoms. The van der Waals surface area contributed by atoms with E-state index in [1.807, 2.05) is 0 Å². The Kier molecular flexibility index (Phi) is 2.24. The predicted octanol–water partition coefficient (Wildman–Crippen LogP) is 2.11. The van der Waals surface area contributed by atoms with E-state index in [1.54, 1.807) is 6.92 Å². The van der Waals surface area contributed by atoms with Crippen molar-refractivity contribution in [1.29, 1.82) is 0 Å². The average Bonchev–Trinajstić information content (AvgIpc) is 2.70. The molecule has 0 fully saturated rings. The van der Waals surface area contributed by atoms with Gasteiger partial charge in [-0.2, -0.15) is 13.9 Å². The first kappa shape index (κ1) is 9.20. The van der Waals surface area contributed by atoms with Crippen molar-refractivity contribution in [2.24, 2.45) is 0 Å². The number of hydrogen-bond donors (Lipinski definition) is 0. The number of alkyl halides is 2. The summed E-state index contributed by atoms with van der Waals surface area (Å²) in [4.78, 5) is 0. The van der Waals surface area contributed by atoms with Gasteiger partial charge >= 0.3 is 6.55 Å². The van der Waals surface area contributed by atoms with E-state index in [0.29, 0.717) is 15.3 Å². The van der Waals surface area contributed by atoms with Crippen molar-refractivity contribution < 1.29 is 8.78 Å². The van der Waals surface area contributed by atoms with Gasteiger partial charge in [0.1, 0.15) is 5.01 Å². The Hall–Kier alpha value is -1.37. The van der Waals surface area contributed by atoms with E-state index in [0.717, 1.165) is 5.01 Å². The highest BCUT2D eigenvalue weighted by Crippen LogP contribution is 2.23. The summed E-state index contributed by atoms with van der Waals surface area (Å²) in [6, 6.07) is 0. The summed E-state index contributed by atoms with van der Waals surface area (Å²) in [7, 11) is 0. The van der Waals surface area contributed by atoms with Crippen molar-refractivity contribution in [2.75, 3.05) is 0 Å². The van der Waals surface area contributed by atoms with E-state index in [2.05, 4.69) is 15.3 Å². The standard InChI is InChI=1S/C7H6F2N4S/c1-4-11-12-6(14-4)5-2-10-13(3-5)7(8)9/h2-3,7H,1H3. The summed E-state index contributed by atoms with van der Waals surface area (Å²) in [5.74, 6) is 0. The summed E-state index contributed by atoms with van der Waals surface area (Å²) >= 11 is 1.35. The summed E-state index contributed by atoms with van der Waals surface area (Å²) < 4.78 is 24.9.